The standard InChI is InChI=1S/C17H25F2N3O.2ClH/c1-22(2)14(15-12(18)7-6-8-13(15)19)11-21-16(23)17(20)9-4-3-5-10-17;;/h6-8,14H,3-5,9-11,20H2,1-2H3,(H,21,23);2*1H. The highest BCUT2D eigenvalue weighted by Gasteiger charge is 2.35. The lowest BCUT2D eigenvalue weighted by Gasteiger charge is -2.33. The fraction of sp³-hybridized carbons (Fsp3) is 0.588. The Balaban J connectivity index is 0.00000288. The Morgan fingerprint density at radius 2 is 1.72 bits per heavy atom. The third-order valence-electron chi connectivity index (χ3n) is 4.61. The Morgan fingerprint density at radius 3 is 2.20 bits per heavy atom. The topological polar surface area (TPSA) is 58.4 Å². The van der Waals surface area contributed by atoms with Crippen molar-refractivity contribution in [3.05, 3.63) is 35.4 Å². The number of hydrogen-bond donors (Lipinski definition) is 2. The third-order valence-corrected chi connectivity index (χ3v) is 4.61. The molecule has 1 saturated carbocycles. The summed E-state index contributed by atoms with van der Waals surface area (Å²) in [6.45, 7) is 0.114. The molecule has 1 aliphatic rings. The summed E-state index contributed by atoms with van der Waals surface area (Å²) in [7, 11) is 3.45. The van der Waals surface area contributed by atoms with Crippen LogP contribution in [0.3, 0.4) is 0 Å². The maximum Gasteiger partial charge on any atom is 0.240 e. The van der Waals surface area contributed by atoms with E-state index in [0.717, 1.165) is 19.3 Å². The van der Waals surface area contributed by atoms with Gasteiger partial charge in [0.05, 0.1) is 11.6 Å². The second kappa shape index (κ2) is 10.3. The SMILES string of the molecule is CN(C)C(CNC(=O)C1(N)CCCCC1)c1c(F)cccc1F.Cl.Cl. The summed E-state index contributed by atoms with van der Waals surface area (Å²) >= 11 is 0. The van der Waals surface area contributed by atoms with Gasteiger partial charge in [0.1, 0.15) is 11.6 Å². The Kier molecular flexibility index (Phi) is 9.87. The lowest BCUT2D eigenvalue weighted by atomic mass is 9.82. The minimum absolute atomic E-state index is 0. The van der Waals surface area contributed by atoms with Crippen LogP contribution < -0.4 is 11.1 Å². The highest BCUT2D eigenvalue weighted by Crippen LogP contribution is 2.27. The van der Waals surface area contributed by atoms with E-state index in [1.165, 1.54) is 18.2 Å². The number of amides is 1. The predicted molar refractivity (Wildman–Crippen MR) is 100 cm³/mol. The largest absolute Gasteiger partial charge is 0.353 e. The Morgan fingerprint density at radius 1 is 1.20 bits per heavy atom. The van der Waals surface area contributed by atoms with Crippen molar-refractivity contribution in [2.75, 3.05) is 20.6 Å². The summed E-state index contributed by atoms with van der Waals surface area (Å²) in [6, 6.07) is 3.19. The predicted octanol–water partition coefficient (Wildman–Crippen LogP) is 3.19. The Hall–Kier alpha value is -0.950. The summed E-state index contributed by atoms with van der Waals surface area (Å²) in [5, 5.41) is 2.79. The van der Waals surface area contributed by atoms with Gasteiger partial charge in [-0.05, 0) is 39.1 Å². The third kappa shape index (κ3) is 5.78. The van der Waals surface area contributed by atoms with E-state index < -0.39 is 23.2 Å². The van der Waals surface area contributed by atoms with E-state index in [2.05, 4.69) is 5.32 Å². The smallest absolute Gasteiger partial charge is 0.240 e. The first-order valence-corrected chi connectivity index (χ1v) is 8.02. The molecule has 1 amide bonds. The summed E-state index contributed by atoms with van der Waals surface area (Å²) in [5.74, 6) is -1.46. The van der Waals surface area contributed by atoms with Crippen molar-refractivity contribution in [3.8, 4) is 0 Å². The van der Waals surface area contributed by atoms with E-state index in [-0.39, 0.29) is 42.8 Å². The molecule has 0 bridgehead atoms. The van der Waals surface area contributed by atoms with Gasteiger partial charge >= 0.3 is 0 Å². The van der Waals surface area contributed by atoms with E-state index in [1.807, 2.05) is 0 Å². The first-order chi connectivity index (χ1) is 10.8. The van der Waals surface area contributed by atoms with E-state index in [1.54, 1.807) is 19.0 Å². The maximum absolute atomic E-state index is 14.0. The van der Waals surface area contributed by atoms with Crippen molar-refractivity contribution >= 4 is 30.7 Å². The van der Waals surface area contributed by atoms with Crippen LogP contribution >= 0.6 is 24.8 Å². The number of rotatable bonds is 5. The number of nitrogens with one attached hydrogen (secondary N) is 1. The average Bonchev–Trinajstić information content (AvgIpc) is 2.50. The zero-order valence-electron chi connectivity index (χ0n) is 14.6. The van der Waals surface area contributed by atoms with Crippen LogP contribution in [0, 0.1) is 11.6 Å². The molecular weight excluding hydrogens is 371 g/mol. The van der Waals surface area contributed by atoms with Crippen LogP contribution in [0.5, 0.6) is 0 Å². The van der Waals surface area contributed by atoms with E-state index in [0.29, 0.717) is 12.8 Å². The molecule has 2 rings (SSSR count). The van der Waals surface area contributed by atoms with Crippen molar-refractivity contribution < 1.29 is 13.6 Å². The molecule has 1 unspecified atom stereocenters. The molecule has 8 heteroatoms. The molecule has 0 radical (unpaired) electrons. The van der Waals surface area contributed by atoms with Crippen LogP contribution in [-0.4, -0.2) is 37.0 Å². The van der Waals surface area contributed by atoms with E-state index >= 15 is 0 Å². The molecule has 1 aliphatic carbocycles. The minimum atomic E-state index is -0.858. The van der Waals surface area contributed by atoms with Gasteiger partial charge in [0.2, 0.25) is 5.91 Å². The van der Waals surface area contributed by atoms with Gasteiger partial charge in [-0.3, -0.25) is 4.79 Å². The molecule has 144 valence electrons. The van der Waals surface area contributed by atoms with Crippen LogP contribution in [0.4, 0.5) is 8.78 Å². The van der Waals surface area contributed by atoms with E-state index in [4.69, 9.17) is 5.73 Å². The number of likely N-dealkylation sites (N-methyl/N-ethyl adjacent to an activating group) is 1. The highest BCUT2D eigenvalue weighted by molar-refractivity contribution is 5.86. The van der Waals surface area contributed by atoms with Gasteiger partial charge in [0.25, 0.3) is 0 Å². The van der Waals surface area contributed by atoms with Gasteiger partial charge in [0, 0.05) is 12.1 Å². The minimum Gasteiger partial charge on any atom is -0.353 e. The molecule has 1 fully saturated rings. The molecule has 4 nitrogen and oxygen atoms in total. The fourth-order valence-electron chi connectivity index (χ4n) is 3.15. The van der Waals surface area contributed by atoms with E-state index in [9.17, 15) is 13.6 Å². The number of nitrogens with zero attached hydrogens (tertiary/aromatic N) is 1. The molecule has 0 heterocycles. The van der Waals surface area contributed by atoms with Crippen LogP contribution in [0.15, 0.2) is 18.2 Å². The molecule has 1 aromatic rings. The van der Waals surface area contributed by atoms with Crippen molar-refractivity contribution in [2.45, 2.75) is 43.7 Å². The molecule has 0 saturated heterocycles. The van der Waals surface area contributed by atoms with Gasteiger partial charge in [-0.2, -0.15) is 0 Å². The zero-order valence-corrected chi connectivity index (χ0v) is 16.2. The van der Waals surface area contributed by atoms with Crippen molar-refractivity contribution in [2.24, 2.45) is 5.73 Å². The molecule has 0 aliphatic heterocycles. The summed E-state index contributed by atoms with van der Waals surface area (Å²) in [6.07, 6.45) is 4.26. The Bertz CT molecular complexity index is 547. The van der Waals surface area contributed by atoms with Gasteiger partial charge in [0.15, 0.2) is 0 Å². The lowest BCUT2D eigenvalue weighted by Crippen LogP contribution is -2.56. The average molecular weight is 398 g/mol. The highest BCUT2D eigenvalue weighted by atomic mass is 35.5. The normalized spacial score (nSPS) is 17.2. The number of benzene rings is 1. The molecule has 3 N–H and O–H groups in total. The first-order valence-electron chi connectivity index (χ1n) is 8.02. The molecule has 25 heavy (non-hydrogen) atoms. The van der Waals surface area contributed by atoms with Crippen molar-refractivity contribution in [1.82, 2.24) is 10.2 Å². The van der Waals surface area contributed by atoms with Crippen LogP contribution in [0.25, 0.3) is 0 Å². The number of carbonyl (C=O) groups is 1. The molecular formula is C17H27Cl2F2N3O. The first kappa shape index (κ1) is 24.1. The van der Waals surface area contributed by atoms with Gasteiger partial charge in [-0.1, -0.05) is 25.3 Å². The van der Waals surface area contributed by atoms with Gasteiger partial charge < -0.3 is 16.0 Å². The second-order valence-corrected chi connectivity index (χ2v) is 6.54. The fourth-order valence-corrected chi connectivity index (χ4v) is 3.15. The molecule has 1 atom stereocenters. The van der Waals surface area contributed by atoms with Gasteiger partial charge in [-0.25, -0.2) is 8.78 Å². The summed E-state index contributed by atoms with van der Waals surface area (Å²) < 4.78 is 28.0. The number of hydrogen-bond acceptors (Lipinski definition) is 3. The lowest BCUT2D eigenvalue weighted by molar-refractivity contribution is -0.127. The van der Waals surface area contributed by atoms with Crippen molar-refractivity contribution in [3.63, 3.8) is 0 Å². The molecule has 1 aromatic carbocycles. The summed E-state index contributed by atoms with van der Waals surface area (Å²) in [5.41, 5.74) is 5.30. The Labute approximate surface area is 160 Å². The van der Waals surface area contributed by atoms with Crippen LogP contribution in [0.2, 0.25) is 0 Å². The monoisotopic (exact) mass is 397 g/mol. The number of carbonyl (C=O) groups excluding carboxylic acids is 1. The summed E-state index contributed by atoms with van der Waals surface area (Å²) in [4.78, 5) is 14.1. The molecule has 0 aromatic heterocycles. The maximum atomic E-state index is 14.0. The second-order valence-electron chi connectivity index (χ2n) is 6.54. The number of nitrogens with two attached hydrogens (primary N) is 1. The van der Waals surface area contributed by atoms with Crippen LogP contribution in [-0.2, 0) is 4.79 Å². The quantitative estimate of drug-likeness (QED) is 0.801. The van der Waals surface area contributed by atoms with Crippen LogP contribution in [0.1, 0.15) is 43.7 Å². The van der Waals surface area contributed by atoms with Crippen molar-refractivity contribution in [1.29, 1.82) is 0 Å². The number of halogens is 4. The molecule has 0 spiro atoms. The zero-order chi connectivity index (χ0) is 17.0. The van der Waals surface area contributed by atoms with Gasteiger partial charge in [-0.15, -0.1) is 24.8 Å².